The van der Waals surface area contributed by atoms with Crippen molar-refractivity contribution in [2.45, 2.75) is 37.6 Å². The molecule has 2 aliphatic rings. The van der Waals surface area contributed by atoms with Gasteiger partial charge in [-0.15, -0.1) is 0 Å². The first kappa shape index (κ1) is 14.1. The predicted octanol–water partition coefficient (Wildman–Crippen LogP) is 0.940. The van der Waals surface area contributed by atoms with Crippen LogP contribution in [0.5, 0.6) is 0 Å². The van der Waals surface area contributed by atoms with Crippen molar-refractivity contribution >= 4 is 11.8 Å². The maximum absolute atomic E-state index is 12.6. The number of carbonyl (C=O) groups is 2. The Morgan fingerprint density at radius 2 is 1.95 bits per heavy atom. The van der Waals surface area contributed by atoms with Gasteiger partial charge in [0.25, 0.3) is 5.91 Å². The summed E-state index contributed by atoms with van der Waals surface area (Å²) in [6, 6.07) is 5.80. The van der Waals surface area contributed by atoms with E-state index in [0.717, 1.165) is 24.8 Å². The number of carbonyl (C=O) groups excluding carboxylic acids is 2. The van der Waals surface area contributed by atoms with Crippen molar-refractivity contribution in [3.05, 3.63) is 34.9 Å². The van der Waals surface area contributed by atoms with Gasteiger partial charge in [0.1, 0.15) is 5.54 Å². The Hall–Kier alpha value is -1.88. The van der Waals surface area contributed by atoms with Crippen molar-refractivity contribution in [3.8, 4) is 0 Å². The van der Waals surface area contributed by atoms with Crippen LogP contribution in [0.1, 0.15) is 40.7 Å². The second-order valence-electron chi connectivity index (χ2n) is 5.81. The summed E-state index contributed by atoms with van der Waals surface area (Å²) in [4.78, 5) is 24.5. The van der Waals surface area contributed by atoms with E-state index >= 15 is 0 Å². The first-order valence-electron chi connectivity index (χ1n) is 7.43. The zero-order valence-electron chi connectivity index (χ0n) is 12.0. The van der Waals surface area contributed by atoms with Crippen LogP contribution in [-0.4, -0.2) is 30.6 Å². The van der Waals surface area contributed by atoms with Gasteiger partial charge in [-0.25, -0.2) is 0 Å². The molecule has 1 heterocycles. The fraction of sp³-hybridized carbons (Fsp3) is 0.500. The highest BCUT2D eigenvalue weighted by Gasteiger charge is 2.40. The lowest BCUT2D eigenvalue weighted by Gasteiger charge is -2.35. The van der Waals surface area contributed by atoms with E-state index in [1.807, 2.05) is 12.1 Å². The molecular weight excluding hydrogens is 268 g/mol. The van der Waals surface area contributed by atoms with E-state index in [-0.39, 0.29) is 5.91 Å². The number of primary amides is 1. The van der Waals surface area contributed by atoms with Crippen molar-refractivity contribution < 1.29 is 14.3 Å². The summed E-state index contributed by atoms with van der Waals surface area (Å²) in [6.07, 6.45) is 3.89. The summed E-state index contributed by atoms with van der Waals surface area (Å²) in [5, 5.41) is 2.88. The number of amides is 2. The molecule has 5 nitrogen and oxygen atoms in total. The molecule has 0 aromatic heterocycles. The van der Waals surface area contributed by atoms with Gasteiger partial charge < -0.3 is 15.8 Å². The molecule has 0 spiro atoms. The SMILES string of the molecule is NC(=O)C1(NC(=O)c2cccc3c2CCC3)CCOCC1. The van der Waals surface area contributed by atoms with Crippen LogP contribution in [0.3, 0.4) is 0 Å². The fourth-order valence-corrected chi connectivity index (χ4v) is 3.27. The summed E-state index contributed by atoms with van der Waals surface area (Å²) in [5.41, 5.74) is 7.59. The van der Waals surface area contributed by atoms with Crippen LogP contribution in [-0.2, 0) is 22.4 Å². The average Bonchev–Trinajstić information content (AvgIpc) is 2.96. The van der Waals surface area contributed by atoms with Crippen LogP contribution < -0.4 is 11.1 Å². The van der Waals surface area contributed by atoms with Gasteiger partial charge in [-0.05, 0) is 36.5 Å². The summed E-state index contributed by atoms with van der Waals surface area (Å²) in [6.45, 7) is 0.881. The minimum Gasteiger partial charge on any atom is -0.381 e. The minimum absolute atomic E-state index is 0.200. The summed E-state index contributed by atoms with van der Waals surface area (Å²) in [5.74, 6) is -0.679. The van der Waals surface area contributed by atoms with Gasteiger partial charge in [0, 0.05) is 31.6 Å². The standard InChI is InChI=1S/C16H20N2O3/c17-15(20)16(7-9-21-10-8-16)18-14(19)13-6-2-4-11-3-1-5-12(11)13/h2,4,6H,1,3,5,7-10H2,(H2,17,20)(H,18,19). The highest BCUT2D eigenvalue weighted by atomic mass is 16.5. The summed E-state index contributed by atoms with van der Waals surface area (Å²) < 4.78 is 5.28. The lowest BCUT2D eigenvalue weighted by Crippen LogP contribution is -2.60. The molecule has 1 aliphatic carbocycles. The monoisotopic (exact) mass is 288 g/mol. The van der Waals surface area contributed by atoms with Gasteiger partial charge in [-0.3, -0.25) is 9.59 Å². The molecule has 5 heteroatoms. The maximum atomic E-state index is 12.6. The molecule has 3 N–H and O–H groups in total. The molecule has 1 saturated heterocycles. The third-order valence-electron chi connectivity index (χ3n) is 4.56. The average molecular weight is 288 g/mol. The normalized spacial score (nSPS) is 19.8. The quantitative estimate of drug-likeness (QED) is 0.868. The number of ether oxygens (including phenoxy) is 1. The van der Waals surface area contributed by atoms with Gasteiger partial charge in [0.15, 0.2) is 0 Å². The Bertz CT molecular complexity index is 577. The predicted molar refractivity (Wildman–Crippen MR) is 77.9 cm³/mol. The zero-order chi connectivity index (χ0) is 14.9. The third-order valence-corrected chi connectivity index (χ3v) is 4.56. The van der Waals surface area contributed by atoms with Crippen LogP contribution in [0.15, 0.2) is 18.2 Å². The molecule has 0 atom stereocenters. The Balaban J connectivity index is 1.85. The number of hydrogen-bond donors (Lipinski definition) is 2. The van der Waals surface area contributed by atoms with Crippen LogP contribution >= 0.6 is 0 Å². The molecule has 2 amide bonds. The minimum atomic E-state index is -0.976. The Kier molecular flexibility index (Phi) is 3.68. The third kappa shape index (κ3) is 2.53. The Morgan fingerprint density at radius 3 is 2.67 bits per heavy atom. The first-order valence-corrected chi connectivity index (χ1v) is 7.43. The number of aryl methyl sites for hydroxylation is 1. The van der Waals surface area contributed by atoms with E-state index in [1.165, 1.54) is 5.56 Å². The number of benzene rings is 1. The molecule has 0 radical (unpaired) electrons. The zero-order valence-corrected chi connectivity index (χ0v) is 12.0. The van der Waals surface area contributed by atoms with Crippen molar-refractivity contribution in [2.75, 3.05) is 13.2 Å². The molecule has 3 rings (SSSR count). The molecule has 1 fully saturated rings. The lowest BCUT2D eigenvalue weighted by atomic mass is 9.88. The summed E-state index contributed by atoms with van der Waals surface area (Å²) in [7, 11) is 0. The van der Waals surface area contributed by atoms with Crippen molar-refractivity contribution in [2.24, 2.45) is 5.73 Å². The molecule has 0 unspecified atom stereocenters. The van der Waals surface area contributed by atoms with E-state index in [4.69, 9.17) is 10.5 Å². The molecule has 21 heavy (non-hydrogen) atoms. The summed E-state index contributed by atoms with van der Waals surface area (Å²) >= 11 is 0. The second kappa shape index (κ2) is 5.48. The van der Waals surface area contributed by atoms with E-state index in [9.17, 15) is 9.59 Å². The number of nitrogens with two attached hydrogens (primary N) is 1. The van der Waals surface area contributed by atoms with Crippen LogP contribution in [0.4, 0.5) is 0 Å². The lowest BCUT2D eigenvalue weighted by molar-refractivity contribution is -0.127. The Morgan fingerprint density at radius 1 is 1.19 bits per heavy atom. The second-order valence-corrected chi connectivity index (χ2v) is 5.81. The van der Waals surface area contributed by atoms with E-state index in [0.29, 0.717) is 31.6 Å². The molecule has 1 aromatic rings. The first-order chi connectivity index (χ1) is 10.1. The molecule has 0 bridgehead atoms. The van der Waals surface area contributed by atoms with Gasteiger partial charge in [-0.1, -0.05) is 12.1 Å². The molecular formula is C16H20N2O3. The van der Waals surface area contributed by atoms with E-state index < -0.39 is 11.4 Å². The van der Waals surface area contributed by atoms with Gasteiger partial charge in [-0.2, -0.15) is 0 Å². The topological polar surface area (TPSA) is 81.4 Å². The number of hydrogen-bond acceptors (Lipinski definition) is 3. The molecule has 0 saturated carbocycles. The van der Waals surface area contributed by atoms with Crippen molar-refractivity contribution in [3.63, 3.8) is 0 Å². The van der Waals surface area contributed by atoms with Crippen molar-refractivity contribution in [1.82, 2.24) is 5.32 Å². The van der Waals surface area contributed by atoms with Gasteiger partial charge in [0.05, 0.1) is 0 Å². The van der Waals surface area contributed by atoms with Crippen LogP contribution in [0, 0.1) is 0 Å². The van der Waals surface area contributed by atoms with E-state index in [1.54, 1.807) is 0 Å². The van der Waals surface area contributed by atoms with Crippen LogP contribution in [0.2, 0.25) is 0 Å². The largest absolute Gasteiger partial charge is 0.381 e. The number of nitrogens with one attached hydrogen (secondary N) is 1. The van der Waals surface area contributed by atoms with Gasteiger partial charge >= 0.3 is 0 Å². The highest BCUT2D eigenvalue weighted by Crippen LogP contribution is 2.27. The maximum Gasteiger partial charge on any atom is 0.252 e. The smallest absolute Gasteiger partial charge is 0.252 e. The molecule has 112 valence electrons. The molecule has 1 aliphatic heterocycles. The molecule has 1 aromatic carbocycles. The van der Waals surface area contributed by atoms with E-state index in [2.05, 4.69) is 11.4 Å². The fourth-order valence-electron chi connectivity index (χ4n) is 3.27. The van der Waals surface area contributed by atoms with Crippen LogP contribution in [0.25, 0.3) is 0 Å². The highest BCUT2D eigenvalue weighted by molar-refractivity contribution is 6.00. The number of rotatable bonds is 3. The van der Waals surface area contributed by atoms with Crippen molar-refractivity contribution in [1.29, 1.82) is 0 Å². The van der Waals surface area contributed by atoms with Gasteiger partial charge in [0.2, 0.25) is 5.91 Å². The Labute approximate surface area is 123 Å². The number of fused-ring (bicyclic) bond motifs is 1.